The van der Waals surface area contributed by atoms with Crippen molar-refractivity contribution < 1.29 is 4.79 Å². The number of para-hydroxylation sites is 1. The Morgan fingerprint density at radius 3 is 2.62 bits per heavy atom. The molecule has 1 aliphatic rings. The van der Waals surface area contributed by atoms with Gasteiger partial charge in [-0.2, -0.15) is 0 Å². The van der Waals surface area contributed by atoms with Crippen molar-refractivity contribution in [3.8, 4) is 0 Å². The standard InChI is InChI=1S/C18H17NOS/c1-2-3-13-19-15-11-7-8-12-16(15)21-18(19)17(20)14-9-5-4-6-10-14/h2-12,18H,13H2,1H3/b3-2+. The normalized spacial score (nSPS) is 17.2. The van der Waals surface area contributed by atoms with E-state index in [1.54, 1.807) is 11.8 Å². The molecule has 1 aliphatic heterocycles. The number of ketones is 1. The Kier molecular flexibility index (Phi) is 4.11. The molecule has 2 aromatic carbocycles. The van der Waals surface area contributed by atoms with E-state index in [4.69, 9.17) is 0 Å². The molecule has 0 N–H and O–H groups in total. The summed E-state index contributed by atoms with van der Waals surface area (Å²) >= 11 is 1.64. The van der Waals surface area contributed by atoms with E-state index in [0.29, 0.717) is 0 Å². The highest BCUT2D eigenvalue weighted by molar-refractivity contribution is 8.01. The molecule has 0 fully saturated rings. The van der Waals surface area contributed by atoms with Gasteiger partial charge in [-0.15, -0.1) is 0 Å². The van der Waals surface area contributed by atoms with Crippen molar-refractivity contribution in [3.63, 3.8) is 0 Å². The molecule has 0 aliphatic carbocycles. The first kappa shape index (κ1) is 14.0. The second kappa shape index (κ2) is 6.19. The van der Waals surface area contributed by atoms with Crippen molar-refractivity contribution >= 4 is 23.2 Å². The molecule has 2 aromatic rings. The molecule has 0 saturated carbocycles. The van der Waals surface area contributed by atoms with Crippen LogP contribution in [0.2, 0.25) is 0 Å². The molecule has 3 heteroatoms. The van der Waals surface area contributed by atoms with Gasteiger partial charge < -0.3 is 4.90 Å². The van der Waals surface area contributed by atoms with Crippen LogP contribution >= 0.6 is 11.8 Å². The molecule has 0 radical (unpaired) electrons. The first-order valence-electron chi connectivity index (χ1n) is 7.04. The molecule has 0 saturated heterocycles. The first-order valence-corrected chi connectivity index (χ1v) is 7.92. The summed E-state index contributed by atoms with van der Waals surface area (Å²) in [7, 11) is 0. The molecule has 2 nitrogen and oxygen atoms in total. The fourth-order valence-electron chi connectivity index (χ4n) is 2.46. The lowest BCUT2D eigenvalue weighted by molar-refractivity contribution is 0.0989. The van der Waals surface area contributed by atoms with Gasteiger partial charge in [0.2, 0.25) is 0 Å². The van der Waals surface area contributed by atoms with E-state index in [1.807, 2.05) is 55.5 Å². The topological polar surface area (TPSA) is 20.3 Å². The minimum Gasteiger partial charge on any atom is -0.348 e. The third kappa shape index (κ3) is 2.74. The van der Waals surface area contributed by atoms with Crippen LogP contribution < -0.4 is 4.90 Å². The number of carbonyl (C=O) groups is 1. The zero-order valence-corrected chi connectivity index (χ0v) is 12.7. The second-order valence-electron chi connectivity index (χ2n) is 4.89. The summed E-state index contributed by atoms with van der Waals surface area (Å²) in [4.78, 5) is 16.2. The molecule has 0 amide bonds. The summed E-state index contributed by atoms with van der Waals surface area (Å²) in [5, 5.41) is -0.180. The molecule has 21 heavy (non-hydrogen) atoms. The van der Waals surface area contributed by atoms with Gasteiger partial charge in [0, 0.05) is 17.0 Å². The summed E-state index contributed by atoms with van der Waals surface area (Å²) in [6, 6.07) is 17.8. The van der Waals surface area contributed by atoms with Crippen LogP contribution in [-0.4, -0.2) is 17.7 Å². The van der Waals surface area contributed by atoms with Crippen LogP contribution in [0.5, 0.6) is 0 Å². The Morgan fingerprint density at radius 2 is 1.86 bits per heavy atom. The van der Waals surface area contributed by atoms with E-state index < -0.39 is 0 Å². The smallest absolute Gasteiger partial charge is 0.195 e. The van der Waals surface area contributed by atoms with E-state index in [1.165, 1.54) is 4.90 Å². The van der Waals surface area contributed by atoms with Gasteiger partial charge in [-0.1, -0.05) is 66.4 Å². The molecule has 1 atom stereocenters. The number of allylic oxidation sites excluding steroid dienone is 1. The number of hydrogen-bond acceptors (Lipinski definition) is 3. The average molecular weight is 295 g/mol. The Morgan fingerprint density at radius 1 is 1.14 bits per heavy atom. The van der Waals surface area contributed by atoms with Crippen LogP contribution in [0.1, 0.15) is 17.3 Å². The maximum absolute atomic E-state index is 12.8. The van der Waals surface area contributed by atoms with Gasteiger partial charge in [-0.05, 0) is 19.1 Å². The van der Waals surface area contributed by atoms with E-state index in [2.05, 4.69) is 23.1 Å². The van der Waals surface area contributed by atoms with Crippen molar-refractivity contribution in [2.45, 2.75) is 17.2 Å². The van der Waals surface area contributed by atoms with Gasteiger partial charge >= 0.3 is 0 Å². The van der Waals surface area contributed by atoms with Gasteiger partial charge in [0.15, 0.2) is 5.78 Å². The minimum absolute atomic E-state index is 0.168. The zero-order chi connectivity index (χ0) is 14.7. The zero-order valence-electron chi connectivity index (χ0n) is 11.9. The van der Waals surface area contributed by atoms with Crippen molar-refractivity contribution in [1.82, 2.24) is 0 Å². The third-order valence-electron chi connectivity index (χ3n) is 3.52. The quantitative estimate of drug-likeness (QED) is 0.616. The molecule has 3 rings (SSSR count). The molecule has 106 valence electrons. The SMILES string of the molecule is C/C=C/CN1c2ccccc2SC1C(=O)c1ccccc1. The Hall–Kier alpha value is -2.00. The van der Waals surface area contributed by atoms with Crippen molar-refractivity contribution in [3.05, 3.63) is 72.3 Å². The van der Waals surface area contributed by atoms with E-state index in [0.717, 1.165) is 17.8 Å². The van der Waals surface area contributed by atoms with Crippen molar-refractivity contribution in [1.29, 1.82) is 0 Å². The Bertz CT molecular complexity index is 666. The summed E-state index contributed by atoms with van der Waals surface area (Å²) in [6.07, 6.45) is 4.11. The number of fused-ring (bicyclic) bond motifs is 1. The molecule has 0 aromatic heterocycles. The molecular formula is C18H17NOS. The molecule has 1 unspecified atom stereocenters. The number of rotatable bonds is 4. The van der Waals surface area contributed by atoms with Crippen LogP contribution in [0, 0.1) is 0 Å². The van der Waals surface area contributed by atoms with E-state index in [9.17, 15) is 4.79 Å². The Balaban J connectivity index is 1.93. The number of nitrogens with zero attached hydrogens (tertiary/aromatic N) is 1. The summed E-state index contributed by atoms with van der Waals surface area (Å²) < 4.78 is 0. The number of thioether (sulfide) groups is 1. The van der Waals surface area contributed by atoms with Gasteiger partial charge in [-0.3, -0.25) is 4.79 Å². The number of hydrogen-bond donors (Lipinski definition) is 0. The first-order chi connectivity index (χ1) is 10.3. The third-order valence-corrected chi connectivity index (χ3v) is 4.81. The van der Waals surface area contributed by atoms with Crippen molar-refractivity contribution in [2.75, 3.05) is 11.4 Å². The average Bonchev–Trinajstić information content (AvgIpc) is 2.91. The lowest BCUT2D eigenvalue weighted by Gasteiger charge is -2.24. The highest BCUT2D eigenvalue weighted by Gasteiger charge is 2.34. The van der Waals surface area contributed by atoms with Crippen molar-refractivity contribution in [2.24, 2.45) is 0 Å². The molecular weight excluding hydrogens is 278 g/mol. The predicted octanol–water partition coefficient (Wildman–Crippen LogP) is 4.38. The second-order valence-corrected chi connectivity index (χ2v) is 6.01. The summed E-state index contributed by atoms with van der Waals surface area (Å²) in [5.41, 5.74) is 1.92. The highest BCUT2D eigenvalue weighted by Crippen LogP contribution is 2.44. The fraction of sp³-hybridized carbons (Fsp3) is 0.167. The summed E-state index contributed by atoms with van der Waals surface area (Å²) in [5.74, 6) is 0.168. The minimum atomic E-state index is -0.180. The van der Waals surface area contributed by atoms with Crippen LogP contribution in [0.4, 0.5) is 5.69 Å². The lowest BCUT2D eigenvalue weighted by Crippen LogP contribution is -2.36. The number of anilines is 1. The predicted molar refractivity (Wildman–Crippen MR) is 89.0 cm³/mol. The maximum Gasteiger partial charge on any atom is 0.195 e. The Labute approximate surface area is 129 Å². The van der Waals surface area contributed by atoms with Gasteiger partial charge in [0.25, 0.3) is 0 Å². The van der Waals surface area contributed by atoms with Crippen LogP contribution in [0.25, 0.3) is 0 Å². The van der Waals surface area contributed by atoms with Gasteiger partial charge in [0.05, 0.1) is 5.69 Å². The highest BCUT2D eigenvalue weighted by atomic mass is 32.2. The summed E-state index contributed by atoms with van der Waals surface area (Å²) in [6.45, 7) is 2.76. The number of carbonyl (C=O) groups excluding carboxylic acids is 1. The van der Waals surface area contributed by atoms with Crippen LogP contribution in [-0.2, 0) is 0 Å². The largest absolute Gasteiger partial charge is 0.348 e. The monoisotopic (exact) mass is 295 g/mol. The van der Waals surface area contributed by atoms with E-state index >= 15 is 0 Å². The van der Waals surface area contributed by atoms with Crippen LogP contribution in [0.15, 0.2) is 71.6 Å². The molecule has 1 heterocycles. The maximum atomic E-state index is 12.8. The number of Topliss-reactive ketones (excluding diaryl/α,β-unsaturated/α-hetero) is 1. The van der Waals surface area contributed by atoms with Crippen LogP contribution in [0.3, 0.4) is 0 Å². The van der Waals surface area contributed by atoms with Gasteiger partial charge in [-0.25, -0.2) is 0 Å². The van der Waals surface area contributed by atoms with Gasteiger partial charge in [0.1, 0.15) is 5.37 Å². The fourth-order valence-corrected chi connectivity index (χ4v) is 3.73. The van der Waals surface area contributed by atoms with E-state index in [-0.39, 0.29) is 11.2 Å². The lowest BCUT2D eigenvalue weighted by atomic mass is 10.1. The molecule has 0 bridgehead atoms. The number of benzene rings is 2. The molecule has 0 spiro atoms.